The summed E-state index contributed by atoms with van der Waals surface area (Å²) in [5.41, 5.74) is 0. The first-order valence-electron chi connectivity index (χ1n) is 7.16. The summed E-state index contributed by atoms with van der Waals surface area (Å²) in [6.07, 6.45) is 0.708. The number of amides is 2. The third-order valence-corrected chi connectivity index (χ3v) is 3.15. The summed E-state index contributed by atoms with van der Waals surface area (Å²) in [5, 5.41) is 6.30. The van der Waals surface area contributed by atoms with E-state index in [0.717, 1.165) is 0 Å². The van der Waals surface area contributed by atoms with Crippen LogP contribution in [0.5, 0.6) is 0 Å². The van der Waals surface area contributed by atoms with Crippen LogP contribution in [0.25, 0.3) is 0 Å². The number of hydrogen-bond donors (Lipinski definition) is 1. The lowest BCUT2D eigenvalue weighted by Gasteiger charge is -2.26. The minimum absolute atomic E-state index is 0.0143. The van der Waals surface area contributed by atoms with Crippen molar-refractivity contribution < 1.29 is 23.6 Å². The third-order valence-electron chi connectivity index (χ3n) is 3.15. The first-order chi connectivity index (χ1) is 10.7. The van der Waals surface area contributed by atoms with Crippen molar-refractivity contribution in [2.45, 2.75) is 12.8 Å². The molecule has 1 aliphatic rings. The molecule has 1 aromatic heterocycles. The Labute approximate surface area is 127 Å². The van der Waals surface area contributed by atoms with E-state index in [1.807, 2.05) is 0 Å². The Morgan fingerprint density at radius 2 is 2.14 bits per heavy atom. The molecule has 0 aliphatic carbocycles. The number of methoxy groups -OCH3 is 1. The summed E-state index contributed by atoms with van der Waals surface area (Å²) < 4.78 is 14.9. The zero-order valence-corrected chi connectivity index (χ0v) is 12.5. The average molecular weight is 312 g/mol. The van der Waals surface area contributed by atoms with Crippen molar-refractivity contribution in [2.24, 2.45) is 0 Å². The second kappa shape index (κ2) is 8.44. The predicted molar refractivity (Wildman–Crippen MR) is 74.2 cm³/mol. The van der Waals surface area contributed by atoms with Gasteiger partial charge in [0.15, 0.2) is 5.82 Å². The first-order valence-corrected chi connectivity index (χ1v) is 7.16. The Kier molecular flexibility index (Phi) is 6.28. The van der Waals surface area contributed by atoms with Gasteiger partial charge in [-0.3, -0.25) is 9.59 Å². The van der Waals surface area contributed by atoms with Crippen LogP contribution in [0.1, 0.15) is 22.9 Å². The number of aromatic nitrogens is 2. The van der Waals surface area contributed by atoms with Gasteiger partial charge in [-0.1, -0.05) is 5.16 Å². The van der Waals surface area contributed by atoms with Crippen molar-refractivity contribution in [3.05, 3.63) is 11.7 Å². The van der Waals surface area contributed by atoms with E-state index >= 15 is 0 Å². The van der Waals surface area contributed by atoms with E-state index in [9.17, 15) is 9.59 Å². The molecule has 0 saturated carbocycles. The molecule has 2 heterocycles. The quantitative estimate of drug-likeness (QED) is 0.659. The van der Waals surface area contributed by atoms with E-state index in [1.165, 1.54) is 0 Å². The first kappa shape index (κ1) is 16.4. The molecule has 9 heteroatoms. The molecule has 9 nitrogen and oxygen atoms in total. The number of hydrogen-bond acceptors (Lipinski definition) is 7. The maximum absolute atomic E-state index is 12.0. The lowest BCUT2D eigenvalue weighted by Crippen LogP contribution is -2.41. The fourth-order valence-electron chi connectivity index (χ4n) is 1.97. The molecule has 0 bridgehead atoms. The van der Waals surface area contributed by atoms with Crippen LogP contribution in [0.4, 0.5) is 0 Å². The highest BCUT2D eigenvalue weighted by molar-refractivity contribution is 5.89. The molecule has 0 spiro atoms. The number of carbonyl (C=O) groups excluding carboxylic acids is 2. The van der Waals surface area contributed by atoms with Crippen molar-refractivity contribution in [3.8, 4) is 0 Å². The molecule has 1 aromatic rings. The number of ether oxygens (including phenoxy) is 2. The van der Waals surface area contributed by atoms with Gasteiger partial charge in [-0.15, -0.1) is 0 Å². The predicted octanol–water partition coefficient (Wildman–Crippen LogP) is -0.763. The Morgan fingerprint density at radius 3 is 2.86 bits per heavy atom. The standard InChI is InChI=1S/C13H20N4O5/c1-20-6-2-3-14-12(19)13-15-10(16-22-13)9-11(18)17-4-7-21-8-5-17/h2-9H2,1H3,(H,14,19). The smallest absolute Gasteiger partial charge is 0.315 e. The van der Waals surface area contributed by atoms with E-state index in [4.69, 9.17) is 14.0 Å². The zero-order chi connectivity index (χ0) is 15.8. The van der Waals surface area contributed by atoms with Crippen molar-refractivity contribution >= 4 is 11.8 Å². The van der Waals surface area contributed by atoms with Crippen LogP contribution in [-0.4, -0.2) is 73.4 Å². The van der Waals surface area contributed by atoms with Gasteiger partial charge in [-0.05, 0) is 6.42 Å². The van der Waals surface area contributed by atoms with Crippen LogP contribution in [0.15, 0.2) is 4.52 Å². The third kappa shape index (κ3) is 4.78. The molecule has 0 unspecified atom stereocenters. The second-order valence-electron chi connectivity index (χ2n) is 4.79. The topological polar surface area (TPSA) is 107 Å². The normalized spacial score (nSPS) is 14.9. The number of nitrogens with zero attached hydrogens (tertiary/aromatic N) is 3. The number of nitrogens with one attached hydrogen (secondary N) is 1. The minimum Gasteiger partial charge on any atom is -0.385 e. The lowest BCUT2D eigenvalue weighted by atomic mass is 10.3. The Balaban J connectivity index is 1.80. The molecule has 1 fully saturated rings. The maximum atomic E-state index is 12.0. The second-order valence-corrected chi connectivity index (χ2v) is 4.79. The summed E-state index contributed by atoms with van der Waals surface area (Å²) in [5.74, 6) is -0.481. The van der Waals surface area contributed by atoms with E-state index in [1.54, 1.807) is 12.0 Å². The summed E-state index contributed by atoms with van der Waals surface area (Å²) in [6, 6.07) is 0. The van der Waals surface area contributed by atoms with Gasteiger partial charge >= 0.3 is 11.8 Å². The van der Waals surface area contributed by atoms with Crippen LogP contribution < -0.4 is 5.32 Å². The van der Waals surface area contributed by atoms with Gasteiger partial charge in [0.25, 0.3) is 0 Å². The van der Waals surface area contributed by atoms with Gasteiger partial charge in [0.2, 0.25) is 5.91 Å². The van der Waals surface area contributed by atoms with Crippen molar-refractivity contribution in [1.29, 1.82) is 0 Å². The zero-order valence-electron chi connectivity index (χ0n) is 12.5. The summed E-state index contributed by atoms with van der Waals surface area (Å²) >= 11 is 0. The van der Waals surface area contributed by atoms with E-state index < -0.39 is 5.91 Å². The van der Waals surface area contributed by atoms with Gasteiger partial charge < -0.3 is 24.2 Å². The van der Waals surface area contributed by atoms with Crippen LogP contribution in [0.3, 0.4) is 0 Å². The molecular weight excluding hydrogens is 292 g/mol. The van der Waals surface area contributed by atoms with Crippen LogP contribution in [0.2, 0.25) is 0 Å². The number of rotatable bonds is 7. The number of carbonyl (C=O) groups is 2. The Hall–Kier alpha value is -2.00. The largest absolute Gasteiger partial charge is 0.385 e. The van der Waals surface area contributed by atoms with Crippen LogP contribution >= 0.6 is 0 Å². The molecule has 0 atom stereocenters. The van der Waals surface area contributed by atoms with Crippen molar-refractivity contribution in [1.82, 2.24) is 20.4 Å². The molecule has 1 saturated heterocycles. The molecule has 1 N–H and O–H groups in total. The summed E-state index contributed by atoms with van der Waals surface area (Å²) in [7, 11) is 1.59. The fourth-order valence-corrected chi connectivity index (χ4v) is 1.97. The summed E-state index contributed by atoms with van der Waals surface area (Å²) in [6.45, 7) is 3.20. The Morgan fingerprint density at radius 1 is 1.36 bits per heavy atom. The van der Waals surface area contributed by atoms with Crippen molar-refractivity contribution in [3.63, 3.8) is 0 Å². The van der Waals surface area contributed by atoms with E-state index in [-0.39, 0.29) is 24.0 Å². The van der Waals surface area contributed by atoms with Gasteiger partial charge in [0, 0.05) is 33.4 Å². The highest BCUT2D eigenvalue weighted by Gasteiger charge is 2.21. The Bertz CT molecular complexity index is 498. The van der Waals surface area contributed by atoms with Gasteiger partial charge in [0.05, 0.1) is 19.6 Å². The number of morpholine rings is 1. The minimum atomic E-state index is -0.450. The lowest BCUT2D eigenvalue weighted by molar-refractivity contribution is -0.134. The highest BCUT2D eigenvalue weighted by Crippen LogP contribution is 2.03. The van der Waals surface area contributed by atoms with E-state index in [2.05, 4.69) is 15.5 Å². The fraction of sp³-hybridized carbons (Fsp3) is 0.692. The van der Waals surface area contributed by atoms with Crippen LogP contribution in [-0.2, 0) is 20.7 Å². The molecule has 0 radical (unpaired) electrons. The maximum Gasteiger partial charge on any atom is 0.315 e. The van der Waals surface area contributed by atoms with Gasteiger partial charge in [-0.2, -0.15) is 4.98 Å². The molecule has 122 valence electrons. The van der Waals surface area contributed by atoms with E-state index in [0.29, 0.717) is 45.9 Å². The molecule has 1 aliphatic heterocycles. The molecule has 2 amide bonds. The van der Waals surface area contributed by atoms with Gasteiger partial charge in [0.1, 0.15) is 0 Å². The molecule has 2 rings (SSSR count). The van der Waals surface area contributed by atoms with Crippen LogP contribution in [0, 0.1) is 0 Å². The molecule has 0 aromatic carbocycles. The van der Waals surface area contributed by atoms with Crippen molar-refractivity contribution in [2.75, 3.05) is 46.6 Å². The molecular formula is C13H20N4O5. The SMILES string of the molecule is COCCCNC(=O)c1nc(CC(=O)N2CCOCC2)no1. The molecule has 22 heavy (non-hydrogen) atoms. The average Bonchev–Trinajstić information content (AvgIpc) is 3.01. The highest BCUT2D eigenvalue weighted by atomic mass is 16.5. The van der Waals surface area contributed by atoms with Gasteiger partial charge in [-0.25, -0.2) is 0 Å². The monoisotopic (exact) mass is 312 g/mol. The summed E-state index contributed by atoms with van der Waals surface area (Å²) in [4.78, 5) is 29.4.